The van der Waals surface area contributed by atoms with E-state index in [1.807, 2.05) is 18.2 Å². The summed E-state index contributed by atoms with van der Waals surface area (Å²) >= 11 is 10.4. The van der Waals surface area contributed by atoms with Crippen molar-refractivity contribution >= 4 is 59.2 Å². The highest BCUT2D eigenvalue weighted by atomic mass is 79.9. The second-order valence-corrected chi connectivity index (χ2v) is 6.01. The Morgan fingerprint density at radius 1 is 1.06 bits per heavy atom. The lowest BCUT2D eigenvalue weighted by atomic mass is 10.3. The van der Waals surface area contributed by atoms with Crippen LogP contribution < -0.4 is 10.1 Å². The van der Waals surface area contributed by atoms with Gasteiger partial charge in [-0.3, -0.25) is 4.98 Å². The number of pyridine rings is 1. The fourth-order valence-corrected chi connectivity index (χ4v) is 3.01. The topological polar surface area (TPSA) is 34.1 Å². The van der Waals surface area contributed by atoms with Gasteiger partial charge in [0.1, 0.15) is 5.75 Å². The van der Waals surface area contributed by atoms with E-state index in [0.29, 0.717) is 0 Å². The maximum absolute atomic E-state index is 5.28. The van der Waals surface area contributed by atoms with Crippen LogP contribution >= 0.6 is 47.8 Å². The van der Waals surface area contributed by atoms with Crippen molar-refractivity contribution in [3.63, 3.8) is 0 Å². The predicted octanol–water partition coefficient (Wildman–Crippen LogP) is 5.12. The zero-order valence-corrected chi connectivity index (χ0v) is 14.1. The van der Waals surface area contributed by atoms with E-state index in [0.717, 1.165) is 30.5 Å². The molecule has 1 aromatic heterocycles. The van der Waals surface area contributed by atoms with Gasteiger partial charge in [-0.2, -0.15) is 0 Å². The van der Waals surface area contributed by atoms with Gasteiger partial charge in [-0.05, 0) is 59.9 Å². The second kappa shape index (κ2) is 6.04. The van der Waals surface area contributed by atoms with Gasteiger partial charge >= 0.3 is 0 Å². The minimum Gasteiger partial charge on any atom is -0.495 e. The molecule has 0 aliphatic carbocycles. The third-order valence-corrected chi connectivity index (χ3v) is 4.19. The minimum atomic E-state index is 0.769. The first-order valence-corrected chi connectivity index (χ1v) is 7.39. The molecule has 0 amide bonds. The molecule has 0 radical (unpaired) electrons. The average molecular weight is 437 g/mol. The van der Waals surface area contributed by atoms with Crippen molar-refractivity contribution in [1.29, 1.82) is 0 Å². The van der Waals surface area contributed by atoms with Crippen molar-refractivity contribution in [2.45, 2.75) is 0 Å². The van der Waals surface area contributed by atoms with Crippen LogP contribution in [0.15, 0.2) is 44.0 Å². The number of hydrogen-bond acceptors (Lipinski definition) is 3. The second-order valence-electron chi connectivity index (χ2n) is 3.45. The molecule has 2 aromatic rings. The van der Waals surface area contributed by atoms with Gasteiger partial charge in [-0.25, -0.2) is 0 Å². The highest BCUT2D eigenvalue weighted by Gasteiger charge is 2.08. The van der Waals surface area contributed by atoms with E-state index in [9.17, 15) is 0 Å². The van der Waals surface area contributed by atoms with Gasteiger partial charge in [-0.15, -0.1) is 0 Å². The zero-order valence-electron chi connectivity index (χ0n) is 9.38. The molecule has 0 bridgehead atoms. The number of methoxy groups -OCH3 is 1. The molecule has 0 spiro atoms. The summed E-state index contributed by atoms with van der Waals surface area (Å²) in [6.45, 7) is 0. The Morgan fingerprint density at radius 3 is 2.50 bits per heavy atom. The molecule has 2 rings (SSSR count). The van der Waals surface area contributed by atoms with Crippen molar-refractivity contribution in [3.8, 4) is 5.75 Å². The lowest BCUT2D eigenvalue weighted by Gasteiger charge is -2.12. The molecule has 0 unspecified atom stereocenters. The summed E-state index contributed by atoms with van der Waals surface area (Å²) in [6.07, 6.45) is 3.48. The van der Waals surface area contributed by atoms with Crippen LogP contribution in [0.2, 0.25) is 0 Å². The summed E-state index contributed by atoms with van der Waals surface area (Å²) in [5.74, 6) is 0.769. The molecule has 0 fully saturated rings. The smallest absolute Gasteiger partial charge is 0.135 e. The summed E-state index contributed by atoms with van der Waals surface area (Å²) in [7, 11) is 1.64. The Balaban J connectivity index is 2.38. The Kier molecular flexibility index (Phi) is 4.64. The van der Waals surface area contributed by atoms with E-state index in [-0.39, 0.29) is 0 Å². The van der Waals surface area contributed by atoms with E-state index < -0.39 is 0 Å². The van der Waals surface area contributed by atoms with Crippen molar-refractivity contribution in [2.24, 2.45) is 0 Å². The molecule has 1 heterocycles. The normalized spacial score (nSPS) is 10.2. The fourth-order valence-electron chi connectivity index (χ4n) is 1.40. The van der Waals surface area contributed by atoms with Gasteiger partial charge in [0.15, 0.2) is 0 Å². The quantitative estimate of drug-likeness (QED) is 0.725. The summed E-state index contributed by atoms with van der Waals surface area (Å²) in [4.78, 5) is 4.03. The number of rotatable bonds is 3. The van der Waals surface area contributed by atoms with Gasteiger partial charge in [0.05, 0.1) is 27.4 Å². The van der Waals surface area contributed by atoms with Crippen LogP contribution in [0.25, 0.3) is 0 Å². The maximum atomic E-state index is 5.28. The third kappa shape index (κ3) is 3.05. The van der Waals surface area contributed by atoms with Gasteiger partial charge in [0, 0.05) is 22.9 Å². The average Bonchev–Trinajstić information content (AvgIpc) is 2.35. The number of anilines is 2. The zero-order chi connectivity index (χ0) is 13.1. The van der Waals surface area contributed by atoms with Crippen molar-refractivity contribution in [3.05, 3.63) is 44.0 Å². The number of benzene rings is 1. The van der Waals surface area contributed by atoms with Crippen LogP contribution in [0.1, 0.15) is 0 Å². The van der Waals surface area contributed by atoms with Crippen LogP contribution in [0, 0.1) is 0 Å². The molecule has 0 saturated carbocycles. The Hall–Kier alpha value is -0.590. The Morgan fingerprint density at radius 2 is 1.83 bits per heavy atom. The van der Waals surface area contributed by atoms with Gasteiger partial charge in [0.25, 0.3) is 0 Å². The molecular formula is C12H9Br3N2O. The van der Waals surface area contributed by atoms with Crippen LogP contribution in [0.3, 0.4) is 0 Å². The molecular weight excluding hydrogens is 428 g/mol. The standard InChI is InChI=1S/C12H9Br3N2O/c1-18-12-5-11(7(13)4-8(12)14)17-10-2-3-16-6-9(10)15/h2-6H,1H3,(H,16,17). The number of hydrogen-bond donors (Lipinski definition) is 1. The first kappa shape index (κ1) is 13.8. The highest BCUT2D eigenvalue weighted by Crippen LogP contribution is 2.36. The first-order chi connectivity index (χ1) is 8.61. The largest absolute Gasteiger partial charge is 0.495 e. The van der Waals surface area contributed by atoms with E-state index in [1.54, 1.807) is 19.5 Å². The summed E-state index contributed by atoms with van der Waals surface area (Å²) < 4.78 is 8.02. The van der Waals surface area contributed by atoms with Crippen LogP contribution in [-0.2, 0) is 0 Å². The molecule has 1 aromatic carbocycles. The molecule has 94 valence electrons. The molecule has 18 heavy (non-hydrogen) atoms. The van der Waals surface area contributed by atoms with Gasteiger partial charge < -0.3 is 10.1 Å². The molecule has 0 atom stereocenters. The lowest BCUT2D eigenvalue weighted by molar-refractivity contribution is 0.412. The minimum absolute atomic E-state index is 0.769. The lowest BCUT2D eigenvalue weighted by Crippen LogP contribution is -1.95. The number of nitrogens with zero attached hydrogens (tertiary/aromatic N) is 1. The van der Waals surface area contributed by atoms with Crippen molar-refractivity contribution in [1.82, 2.24) is 4.98 Å². The van der Waals surface area contributed by atoms with E-state index in [1.165, 1.54) is 0 Å². The van der Waals surface area contributed by atoms with E-state index in [2.05, 4.69) is 58.1 Å². The van der Waals surface area contributed by atoms with Crippen molar-refractivity contribution < 1.29 is 4.74 Å². The first-order valence-electron chi connectivity index (χ1n) is 5.01. The summed E-state index contributed by atoms with van der Waals surface area (Å²) in [5.41, 5.74) is 1.86. The van der Waals surface area contributed by atoms with Gasteiger partial charge in [-0.1, -0.05) is 0 Å². The predicted molar refractivity (Wildman–Crippen MR) is 83.6 cm³/mol. The monoisotopic (exact) mass is 434 g/mol. The summed E-state index contributed by atoms with van der Waals surface area (Å²) in [5, 5.41) is 3.31. The molecule has 0 aliphatic heterocycles. The van der Waals surface area contributed by atoms with Crippen LogP contribution in [0.5, 0.6) is 5.75 Å². The fraction of sp³-hybridized carbons (Fsp3) is 0.0833. The SMILES string of the molecule is COc1cc(Nc2ccncc2Br)c(Br)cc1Br. The number of aromatic nitrogens is 1. The molecule has 1 N–H and O–H groups in total. The Labute approximate surface area is 130 Å². The van der Waals surface area contributed by atoms with Gasteiger partial charge in [0.2, 0.25) is 0 Å². The third-order valence-electron chi connectivity index (χ3n) is 2.28. The number of nitrogens with one attached hydrogen (secondary N) is 1. The highest BCUT2D eigenvalue weighted by molar-refractivity contribution is 9.11. The van der Waals surface area contributed by atoms with Crippen LogP contribution in [0.4, 0.5) is 11.4 Å². The van der Waals surface area contributed by atoms with E-state index in [4.69, 9.17) is 4.74 Å². The van der Waals surface area contributed by atoms with E-state index >= 15 is 0 Å². The van der Waals surface area contributed by atoms with Crippen LogP contribution in [-0.4, -0.2) is 12.1 Å². The molecule has 0 aliphatic rings. The summed E-state index contributed by atoms with van der Waals surface area (Å²) in [6, 6.07) is 5.75. The number of ether oxygens (including phenoxy) is 1. The molecule has 6 heteroatoms. The number of halogens is 3. The maximum Gasteiger partial charge on any atom is 0.135 e. The molecule has 3 nitrogen and oxygen atoms in total. The Bertz CT molecular complexity index is 575. The van der Waals surface area contributed by atoms with Crippen molar-refractivity contribution in [2.75, 3.05) is 12.4 Å². The molecule has 0 saturated heterocycles.